The van der Waals surface area contributed by atoms with E-state index in [1.807, 2.05) is 0 Å². The van der Waals surface area contributed by atoms with Gasteiger partial charge in [-0.25, -0.2) is 0 Å². The topological polar surface area (TPSA) is 89.4 Å². The standard InChI is InChI=1S/C11H13BrN2O3.ClH/c1-2-3-4-10(13)8-5-7(14(16)17)6-9(12)11(8)15;/h2,5-6,10,15H,1,3-4,13H2;1H/t10-;/m1./s1. The van der Waals surface area contributed by atoms with Crippen LogP contribution in [0.5, 0.6) is 5.75 Å². The lowest BCUT2D eigenvalue weighted by molar-refractivity contribution is -0.385. The molecule has 5 nitrogen and oxygen atoms in total. The lowest BCUT2D eigenvalue weighted by Crippen LogP contribution is -2.10. The molecule has 0 spiro atoms. The van der Waals surface area contributed by atoms with Crippen LogP contribution in [0.15, 0.2) is 29.3 Å². The first-order chi connectivity index (χ1) is 7.97. The van der Waals surface area contributed by atoms with E-state index in [-0.39, 0.29) is 28.3 Å². The van der Waals surface area contributed by atoms with E-state index in [0.29, 0.717) is 18.4 Å². The van der Waals surface area contributed by atoms with Crippen LogP contribution in [0.4, 0.5) is 5.69 Å². The Hall–Kier alpha value is -1.11. The molecule has 1 rings (SSSR count). The van der Waals surface area contributed by atoms with Crippen molar-refractivity contribution in [3.63, 3.8) is 0 Å². The number of hydrogen-bond acceptors (Lipinski definition) is 4. The Morgan fingerprint density at radius 1 is 1.61 bits per heavy atom. The van der Waals surface area contributed by atoms with E-state index < -0.39 is 11.0 Å². The first-order valence-electron chi connectivity index (χ1n) is 5.00. The Kier molecular flexibility index (Phi) is 6.90. The van der Waals surface area contributed by atoms with Crippen molar-refractivity contribution < 1.29 is 10.0 Å². The molecule has 0 amide bonds. The van der Waals surface area contributed by atoms with Gasteiger partial charge < -0.3 is 10.8 Å². The Morgan fingerprint density at radius 3 is 2.72 bits per heavy atom. The van der Waals surface area contributed by atoms with E-state index in [9.17, 15) is 15.2 Å². The zero-order valence-electron chi connectivity index (χ0n) is 9.51. The largest absolute Gasteiger partial charge is 0.506 e. The smallest absolute Gasteiger partial charge is 0.271 e. The van der Waals surface area contributed by atoms with Gasteiger partial charge in [0.25, 0.3) is 5.69 Å². The van der Waals surface area contributed by atoms with Gasteiger partial charge in [-0.1, -0.05) is 6.08 Å². The van der Waals surface area contributed by atoms with E-state index in [4.69, 9.17) is 5.73 Å². The van der Waals surface area contributed by atoms with Gasteiger partial charge in [0.15, 0.2) is 0 Å². The second-order valence-electron chi connectivity index (χ2n) is 3.60. The molecule has 0 unspecified atom stereocenters. The lowest BCUT2D eigenvalue weighted by Gasteiger charge is -2.13. The van der Waals surface area contributed by atoms with Crippen molar-refractivity contribution in [1.82, 2.24) is 0 Å². The molecular formula is C11H14BrClN2O3. The van der Waals surface area contributed by atoms with Gasteiger partial charge in [-0.2, -0.15) is 0 Å². The van der Waals surface area contributed by atoms with Crippen molar-refractivity contribution in [1.29, 1.82) is 0 Å². The third kappa shape index (κ3) is 3.97. The summed E-state index contributed by atoms with van der Waals surface area (Å²) in [5.41, 5.74) is 6.14. The van der Waals surface area contributed by atoms with E-state index in [0.717, 1.165) is 0 Å². The number of hydrogen-bond donors (Lipinski definition) is 2. The van der Waals surface area contributed by atoms with Crippen LogP contribution in [-0.2, 0) is 0 Å². The highest BCUT2D eigenvalue weighted by Crippen LogP contribution is 2.36. The number of allylic oxidation sites excluding steroid dienone is 1. The summed E-state index contributed by atoms with van der Waals surface area (Å²) >= 11 is 3.07. The molecule has 1 atom stereocenters. The number of non-ortho nitro benzene ring substituents is 1. The predicted octanol–water partition coefficient (Wildman–Crippen LogP) is 3.45. The molecule has 1 aromatic rings. The normalized spacial score (nSPS) is 11.4. The Balaban J connectivity index is 0.00000289. The number of aromatic hydroxyl groups is 1. The van der Waals surface area contributed by atoms with Crippen LogP contribution < -0.4 is 5.73 Å². The fourth-order valence-electron chi connectivity index (χ4n) is 1.45. The Morgan fingerprint density at radius 2 is 2.22 bits per heavy atom. The summed E-state index contributed by atoms with van der Waals surface area (Å²) in [6, 6.07) is 2.09. The summed E-state index contributed by atoms with van der Waals surface area (Å²) in [6.07, 6.45) is 2.97. The van der Waals surface area contributed by atoms with E-state index in [2.05, 4.69) is 22.5 Å². The number of phenolic OH excluding ortho intramolecular Hbond substituents is 1. The molecule has 0 aliphatic heterocycles. The zero-order chi connectivity index (χ0) is 13.0. The maximum absolute atomic E-state index is 10.7. The molecule has 18 heavy (non-hydrogen) atoms. The first-order valence-corrected chi connectivity index (χ1v) is 5.80. The second kappa shape index (κ2) is 7.35. The number of halogens is 2. The number of benzene rings is 1. The molecule has 100 valence electrons. The molecule has 0 aliphatic rings. The van der Waals surface area contributed by atoms with Crippen molar-refractivity contribution in [2.45, 2.75) is 18.9 Å². The van der Waals surface area contributed by atoms with Crippen molar-refractivity contribution >= 4 is 34.0 Å². The van der Waals surface area contributed by atoms with Gasteiger partial charge >= 0.3 is 0 Å². The minimum absolute atomic E-state index is 0. The minimum Gasteiger partial charge on any atom is -0.506 e. The van der Waals surface area contributed by atoms with Gasteiger partial charge in [-0.05, 0) is 28.8 Å². The van der Waals surface area contributed by atoms with Gasteiger partial charge in [0.1, 0.15) is 5.75 Å². The number of nitro groups is 1. The molecule has 1 aromatic carbocycles. The Labute approximate surface area is 119 Å². The van der Waals surface area contributed by atoms with E-state index in [1.165, 1.54) is 12.1 Å². The van der Waals surface area contributed by atoms with Crippen LogP contribution in [0, 0.1) is 10.1 Å². The van der Waals surface area contributed by atoms with Gasteiger partial charge in [-0.15, -0.1) is 19.0 Å². The van der Waals surface area contributed by atoms with Gasteiger partial charge in [-0.3, -0.25) is 10.1 Å². The van der Waals surface area contributed by atoms with Crippen molar-refractivity contribution in [2.24, 2.45) is 5.73 Å². The highest BCUT2D eigenvalue weighted by molar-refractivity contribution is 9.10. The van der Waals surface area contributed by atoms with Crippen LogP contribution in [0.2, 0.25) is 0 Å². The summed E-state index contributed by atoms with van der Waals surface area (Å²) in [4.78, 5) is 10.2. The number of rotatable bonds is 5. The average Bonchev–Trinajstić information content (AvgIpc) is 2.29. The molecule has 7 heteroatoms. The maximum atomic E-state index is 10.7. The monoisotopic (exact) mass is 336 g/mol. The first kappa shape index (κ1) is 16.9. The summed E-state index contributed by atoms with van der Waals surface area (Å²) in [7, 11) is 0. The number of phenols is 1. The van der Waals surface area contributed by atoms with Crippen LogP contribution in [0.25, 0.3) is 0 Å². The predicted molar refractivity (Wildman–Crippen MR) is 76.1 cm³/mol. The molecule has 0 aliphatic carbocycles. The Bertz CT molecular complexity index is 454. The summed E-state index contributed by atoms with van der Waals surface area (Å²) in [5, 5.41) is 20.5. The van der Waals surface area contributed by atoms with Crippen molar-refractivity contribution in [3.8, 4) is 5.75 Å². The second-order valence-corrected chi connectivity index (χ2v) is 4.45. The third-order valence-electron chi connectivity index (χ3n) is 2.37. The van der Waals surface area contributed by atoms with E-state index in [1.54, 1.807) is 6.08 Å². The minimum atomic E-state index is -0.520. The molecule has 0 heterocycles. The number of nitrogens with two attached hydrogens (primary N) is 1. The fraction of sp³-hybridized carbons (Fsp3) is 0.273. The number of nitrogens with zero attached hydrogens (tertiary/aromatic N) is 1. The molecule has 0 aromatic heterocycles. The summed E-state index contributed by atoms with van der Waals surface area (Å²) in [5.74, 6) is -0.0489. The van der Waals surface area contributed by atoms with Crippen LogP contribution in [-0.4, -0.2) is 10.0 Å². The summed E-state index contributed by atoms with van der Waals surface area (Å²) in [6.45, 7) is 3.58. The van der Waals surface area contributed by atoms with E-state index >= 15 is 0 Å². The molecule has 0 saturated carbocycles. The van der Waals surface area contributed by atoms with Gasteiger partial charge in [0, 0.05) is 23.7 Å². The molecule has 0 bridgehead atoms. The SMILES string of the molecule is C=CCC[C@@H](N)c1cc([N+](=O)[O-])cc(Br)c1O.Cl. The average molecular weight is 338 g/mol. The van der Waals surface area contributed by atoms with Gasteiger partial charge in [0.05, 0.1) is 9.40 Å². The third-order valence-corrected chi connectivity index (χ3v) is 2.97. The highest BCUT2D eigenvalue weighted by atomic mass is 79.9. The maximum Gasteiger partial charge on any atom is 0.271 e. The summed E-state index contributed by atoms with van der Waals surface area (Å²) < 4.78 is 0.274. The molecule has 0 radical (unpaired) electrons. The van der Waals surface area contributed by atoms with Crippen LogP contribution in [0.3, 0.4) is 0 Å². The number of nitro benzene ring substituents is 1. The van der Waals surface area contributed by atoms with Crippen LogP contribution >= 0.6 is 28.3 Å². The molecular weight excluding hydrogens is 323 g/mol. The van der Waals surface area contributed by atoms with Crippen LogP contribution in [0.1, 0.15) is 24.4 Å². The quantitative estimate of drug-likeness (QED) is 0.489. The lowest BCUT2D eigenvalue weighted by atomic mass is 10.0. The fourth-order valence-corrected chi connectivity index (χ4v) is 1.91. The van der Waals surface area contributed by atoms with Gasteiger partial charge in [0.2, 0.25) is 0 Å². The van der Waals surface area contributed by atoms with Crippen molar-refractivity contribution in [2.75, 3.05) is 0 Å². The van der Waals surface area contributed by atoms with Crippen molar-refractivity contribution in [3.05, 3.63) is 44.9 Å². The highest BCUT2D eigenvalue weighted by Gasteiger charge is 2.18. The molecule has 0 fully saturated rings. The molecule has 3 N–H and O–H groups in total. The molecule has 0 saturated heterocycles. The zero-order valence-corrected chi connectivity index (χ0v) is 11.9.